The highest BCUT2D eigenvalue weighted by Gasteiger charge is 2.28. The SMILES string of the molecule is COCc1ccccc1CN1CC(CC(=O)O)C1. The molecule has 1 aromatic carbocycles. The van der Waals surface area contributed by atoms with Gasteiger partial charge in [0.1, 0.15) is 0 Å². The Morgan fingerprint density at radius 1 is 1.39 bits per heavy atom. The largest absolute Gasteiger partial charge is 0.481 e. The van der Waals surface area contributed by atoms with Crippen LogP contribution in [0.15, 0.2) is 24.3 Å². The molecule has 0 saturated carbocycles. The summed E-state index contributed by atoms with van der Waals surface area (Å²) in [6, 6.07) is 8.23. The molecule has 1 aromatic rings. The van der Waals surface area contributed by atoms with E-state index in [0.717, 1.165) is 19.6 Å². The summed E-state index contributed by atoms with van der Waals surface area (Å²) in [5.74, 6) is -0.378. The van der Waals surface area contributed by atoms with Gasteiger partial charge in [0.05, 0.1) is 13.0 Å². The zero-order valence-electron chi connectivity index (χ0n) is 10.6. The van der Waals surface area contributed by atoms with Crippen molar-refractivity contribution in [1.82, 2.24) is 4.90 Å². The minimum atomic E-state index is -0.695. The second-order valence-electron chi connectivity index (χ2n) is 4.86. The maximum absolute atomic E-state index is 10.6. The van der Waals surface area contributed by atoms with Crippen LogP contribution in [0.3, 0.4) is 0 Å². The van der Waals surface area contributed by atoms with Gasteiger partial charge in [-0.15, -0.1) is 0 Å². The molecule has 2 rings (SSSR count). The van der Waals surface area contributed by atoms with Gasteiger partial charge in [-0.05, 0) is 17.0 Å². The second-order valence-corrected chi connectivity index (χ2v) is 4.86. The van der Waals surface area contributed by atoms with Crippen molar-refractivity contribution in [3.05, 3.63) is 35.4 Å². The minimum absolute atomic E-state index is 0.288. The molecule has 0 aromatic heterocycles. The molecule has 1 N–H and O–H groups in total. The third kappa shape index (κ3) is 3.31. The van der Waals surface area contributed by atoms with Crippen LogP contribution in [0.2, 0.25) is 0 Å². The van der Waals surface area contributed by atoms with E-state index < -0.39 is 5.97 Å². The van der Waals surface area contributed by atoms with Gasteiger partial charge >= 0.3 is 5.97 Å². The van der Waals surface area contributed by atoms with Crippen LogP contribution in [0.1, 0.15) is 17.5 Å². The summed E-state index contributed by atoms with van der Waals surface area (Å²) in [5.41, 5.74) is 2.48. The molecule has 0 bridgehead atoms. The molecule has 4 nitrogen and oxygen atoms in total. The first kappa shape index (κ1) is 13.1. The number of benzene rings is 1. The Bertz CT molecular complexity index is 413. The first-order valence-electron chi connectivity index (χ1n) is 6.19. The molecule has 18 heavy (non-hydrogen) atoms. The van der Waals surface area contributed by atoms with Crippen molar-refractivity contribution in [2.75, 3.05) is 20.2 Å². The molecule has 1 fully saturated rings. The normalized spacial score (nSPS) is 16.5. The van der Waals surface area contributed by atoms with E-state index in [-0.39, 0.29) is 6.42 Å². The summed E-state index contributed by atoms with van der Waals surface area (Å²) in [6.07, 6.45) is 0.288. The molecular formula is C14H19NO3. The third-order valence-corrected chi connectivity index (χ3v) is 3.31. The molecule has 98 valence electrons. The number of carboxylic acid groups (broad SMARTS) is 1. The van der Waals surface area contributed by atoms with Crippen molar-refractivity contribution in [2.45, 2.75) is 19.6 Å². The number of rotatable bonds is 6. The number of carboxylic acids is 1. The van der Waals surface area contributed by atoms with E-state index in [2.05, 4.69) is 17.0 Å². The number of carbonyl (C=O) groups is 1. The maximum Gasteiger partial charge on any atom is 0.303 e. The lowest BCUT2D eigenvalue weighted by Crippen LogP contribution is -2.46. The monoisotopic (exact) mass is 249 g/mol. The topological polar surface area (TPSA) is 49.8 Å². The molecule has 0 radical (unpaired) electrons. The summed E-state index contributed by atoms with van der Waals surface area (Å²) in [6.45, 7) is 3.28. The van der Waals surface area contributed by atoms with E-state index in [1.165, 1.54) is 11.1 Å². The van der Waals surface area contributed by atoms with Crippen molar-refractivity contribution in [1.29, 1.82) is 0 Å². The van der Waals surface area contributed by atoms with Crippen LogP contribution in [0.4, 0.5) is 0 Å². The van der Waals surface area contributed by atoms with Gasteiger partial charge in [0, 0.05) is 26.7 Å². The lowest BCUT2D eigenvalue weighted by Gasteiger charge is -2.38. The van der Waals surface area contributed by atoms with E-state index in [0.29, 0.717) is 12.5 Å². The van der Waals surface area contributed by atoms with Crippen LogP contribution in [0.25, 0.3) is 0 Å². The van der Waals surface area contributed by atoms with Crippen LogP contribution in [-0.2, 0) is 22.7 Å². The van der Waals surface area contributed by atoms with Gasteiger partial charge in [-0.25, -0.2) is 0 Å². The Kier molecular flexibility index (Phi) is 4.33. The fourth-order valence-electron chi connectivity index (χ4n) is 2.43. The van der Waals surface area contributed by atoms with E-state index in [9.17, 15) is 4.79 Å². The first-order valence-corrected chi connectivity index (χ1v) is 6.19. The quantitative estimate of drug-likeness (QED) is 0.834. The predicted molar refractivity (Wildman–Crippen MR) is 68.2 cm³/mol. The highest BCUT2D eigenvalue weighted by Crippen LogP contribution is 2.22. The number of nitrogens with zero attached hydrogens (tertiary/aromatic N) is 1. The van der Waals surface area contributed by atoms with Gasteiger partial charge < -0.3 is 9.84 Å². The van der Waals surface area contributed by atoms with Crippen LogP contribution >= 0.6 is 0 Å². The van der Waals surface area contributed by atoms with Gasteiger partial charge in [-0.2, -0.15) is 0 Å². The highest BCUT2D eigenvalue weighted by molar-refractivity contribution is 5.67. The van der Waals surface area contributed by atoms with Gasteiger partial charge in [0.15, 0.2) is 0 Å². The maximum atomic E-state index is 10.6. The summed E-state index contributed by atoms with van der Waals surface area (Å²) >= 11 is 0. The average Bonchev–Trinajstić information content (AvgIpc) is 2.28. The van der Waals surface area contributed by atoms with Crippen molar-refractivity contribution in [2.24, 2.45) is 5.92 Å². The standard InChI is InChI=1S/C14H19NO3/c1-18-10-13-5-3-2-4-12(13)9-15-7-11(8-15)6-14(16)17/h2-5,11H,6-10H2,1H3,(H,16,17). The number of hydrogen-bond donors (Lipinski definition) is 1. The average molecular weight is 249 g/mol. The van der Waals surface area contributed by atoms with Crippen molar-refractivity contribution < 1.29 is 14.6 Å². The van der Waals surface area contributed by atoms with E-state index in [1.807, 2.05) is 12.1 Å². The first-order chi connectivity index (χ1) is 8.69. The summed E-state index contributed by atoms with van der Waals surface area (Å²) in [4.78, 5) is 12.9. The zero-order valence-corrected chi connectivity index (χ0v) is 10.6. The fourth-order valence-corrected chi connectivity index (χ4v) is 2.43. The lowest BCUT2D eigenvalue weighted by molar-refractivity contribution is -0.139. The Morgan fingerprint density at radius 2 is 2.06 bits per heavy atom. The van der Waals surface area contributed by atoms with Crippen molar-refractivity contribution >= 4 is 5.97 Å². The smallest absolute Gasteiger partial charge is 0.303 e. The third-order valence-electron chi connectivity index (χ3n) is 3.31. The number of aliphatic carboxylic acids is 1. The van der Waals surface area contributed by atoms with Gasteiger partial charge in [0.25, 0.3) is 0 Å². The Morgan fingerprint density at radius 3 is 2.67 bits per heavy atom. The zero-order chi connectivity index (χ0) is 13.0. The number of likely N-dealkylation sites (tertiary alicyclic amines) is 1. The molecule has 0 spiro atoms. The Hall–Kier alpha value is -1.39. The van der Waals surface area contributed by atoms with Crippen LogP contribution in [0.5, 0.6) is 0 Å². The van der Waals surface area contributed by atoms with E-state index >= 15 is 0 Å². The predicted octanol–water partition coefficient (Wildman–Crippen LogP) is 1.74. The Labute approximate surface area is 107 Å². The number of hydrogen-bond acceptors (Lipinski definition) is 3. The lowest BCUT2D eigenvalue weighted by atomic mass is 9.95. The van der Waals surface area contributed by atoms with Crippen molar-refractivity contribution in [3.8, 4) is 0 Å². The minimum Gasteiger partial charge on any atom is -0.481 e. The molecule has 0 amide bonds. The molecule has 0 aliphatic carbocycles. The highest BCUT2D eigenvalue weighted by atomic mass is 16.5. The van der Waals surface area contributed by atoms with Crippen molar-refractivity contribution in [3.63, 3.8) is 0 Å². The second kappa shape index (κ2) is 5.98. The number of methoxy groups -OCH3 is 1. The summed E-state index contributed by atoms with van der Waals surface area (Å²) in [5, 5.41) is 8.70. The van der Waals surface area contributed by atoms with Gasteiger partial charge in [-0.1, -0.05) is 24.3 Å². The van der Waals surface area contributed by atoms with Gasteiger partial charge in [-0.3, -0.25) is 9.69 Å². The molecule has 1 heterocycles. The molecule has 4 heteroatoms. The van der Waals surface area contributed by atoms with Crippen LogP contribution in [-0.4, -0.2) is 36.2 Å². The van der Waals surface area contributed by atoms with Crippen LogP contribution in [0, 0.1) is 5.92 Å². The number of ether oxygens (including phenoxy) is 1. The van der Waals surface area contributed by atoms with E-state index in [1.54, 1.807) is 7.11 Å². The fraction of sp³-hybridized carbons (Fsp3) is 0.500. The molecule has 0 unspecified atom stereocenters. The summed E-state index contributed by atoms with van der Waals surface area (Å²) in [7, 11) is 1.70. The Balaban J connectivity index is 1.86. The molecule has 1 aliphatic rings. The molecule has 1 aliphatic heterocycles. The molecule has 0 atom stereocenters. The molecular weight excluding hydrogens is 230 g/mol. The van der Waals surface area contributed by atoms with Crippen LogP contribution < -0.4 is 0 Å². The summed E-state index contributed by atoms with van der Waals surface area (Å²) < 4.78 is 5.18. The van der Waals surface area contributed by atoms with Gasteiger partial charge in [0.2, 0.25) is 0 Å². The molecule has 1 saturated heterocycles. The van der Waals surface area contributed by atoms with E-state index in [4.69, 9.17) is 9.84 Å².